The molecule has 0 bridgehead atoms. The number of hydrogen-bond acceptors (Lipinski definition) is 0. The summed E-state index contributed by atoms with van der Waals surface area (Å²) in [7, 11) is -0.349. The van der Waals surface area contributed by atoms with E-state index >= 15 is 0 Å². The number of aryl methyl sites for hydroxylation is 1. The second-order valence-corrected chi connectivity index (χ2v) is 6.29. The highest BCUT2D eigenvalue weighted by molar-refractivity contribution is 6.67. The number of halogens is 1. The topological polar surface area (TPSA) is 0 Å². The highest BCUT2D eigenvalue weighted by Gasteiger charge is 2.01. The molecule has 0 unspecified atom stereocenters. The molecule has 0 N–H and O–H groups in total. The van der Waals surface area contributed by atoms with Gasteiger partial charge in [-0.15, -0.1) is 0 Å². The first-order valence-corrected chi connectivity index (χ1v) is 7.40. The van der Waals surface area contributed by atoms with Crippen LogP contribution in [-0.2, 0) is 6.42 Å². The van der Waals surface area contributed by atoms with Crippen LogP contribution in [0.2, 0.25) is 5.02 Å². The molecule has 0 radical (unpaired) electrons. The fourth-order valence-corrected chi connectivity index (χ4v) is 3.78. The van der Waals surface area contributed by atoms with Gasteiger partial charge in [-0.25, -0.2) is 0 Å². The molecule has 0 aliphatic carbocycles. The van der Waals surface area contributed by atoms with Crippen LogP contribution in [0.25, 0.3) is 0 Å². The number of hydrogen-bond donors (Lipinski definition) is 0. The van der Waals surface area contributed by atoms with Crippen LogP contribution in [0.3, 0.4) is 0 Å². The van der Waals surface area contributed by atoms with Gasteiger partial charge in [0.1, 0.15) is 0 Å². The van der Waals surface area contributed by atoms with Crippen LogP contribution in [0.1, 0.15) is 12.5 Å². The van der Waals surface area contributed by atoms with Crippen molar-refractivity contribution < 1.29 is 0 Å². The summed E-state index contributed by atoms with van der Waals surface area (Å²) < 4.78 is 0. The van der Waals surface area contributed by atoms with Gasteiger partial charge in [-0.3, -0.25) is 0 Å². The van der Waals surface area contributed by atoms with Crippen LogP contribution in [0, 0.1) is 0 Å². The summed E-state index contributed by atoms with van der Waals surface area (Å²) in [5.41, 5.74) is 1.49. The quantitative estimate of drug-likeness (QED) is 0.727. The van der Waals surface area contributed by atoms with Crippen LogP contribution in [0.4, 0.5) is 0 Å². The SMILES string of the molecule is CCc1ccccc1[SiH2]c1ccc(Cl)cc1. The Hall–Kier alpha value is -1.05. The standard InChI is InChI=1S/C14H15ClSi/c1-2-11-5-3-4-6-14(11)16-13-9-7-12(15)8-10-13/h3-10H,2,16H2,1H3. The highest BCUT2D eigenvalue weighted by atomic mass is 35.5. The van der Waals surface area contributed by atoms with E-state index in [-0.39, 0.29) is 9.52 Å². The van der Waals surface area contributed by atoms with Gasteiger partial charge in [0.15, 0.2) is 0 Å². The molecule has 0 amide bonds. The summed E-state index contributed by atoms with van der Waals surface area (Å²) in [5.74, 6) is 0. The van der Waals surface area contributed by atoms with Crippen molar-refractivity contribution >= 4 is 31.5 Å². The zero-order valence-corrected chi connectivity index (χ0v) is 11.6. The van der Waals surface area contributed by atoms with E-state index in [1.165, 1.54) is 10.8 Å². The van der Waals surface area contributed by atoms with E-state index in [0.29, 0.717) is 0 Å². The van der Waals surface area contributed by atoms with Crippen molar-refractivity contribution in [2.24, 2.45) is 0 Å². The lowest BCUT2D eigenvalue weighted by molar-refractivity contribution is 1.15. The molecule has 16 heavy (non-hydrogen) atoms. The third-order valence-corrected chi connectivity index (χ3v) is 5.01. The smallest absolute Gasteiger partial charge is 0.0843 e. The third kappa shape index (κ3) is 2.74. The van der Waals surface area contributed by atoms with Gasteiger partial charge in [0.2, 0.25) is 0 Å². The Morgan fingerprint density at radius 3 is 2.38 bits per heavy atom. The Kier molecular flexibility index (Phi) is 3.81. The summed E-state index contributed by atoms with van der Waals surface area (Å²) in [4.78, 5) is 0. The van der Waals surface area contributed by atoms with Crippen LogP contribution in [-0.4, -0.2) is 9.52 Å². The molecule has 0 atom stereocenters. The molecule has 2 aromatic rings. The lowest BCUT2D eigenvalue weighted by Crippen LogP contribution is -2.29. The molecular formula is C14H15ClSi. The monoisotopic (exact) mass is 246 g/mol. The molecule has 2 heteroatoms. The summed E-state index contributed by atoms with van der Waals surface area (Å²) in [6.45, 7) is 2.22. The molecule has 2 aromatic carbocycles. The Balaban J connectivity index is 2.23. The Morgan fingerprint density at radius 2 is 1.69 bits per heavy atom. The van der Waals surface area contributed by atoms with Crippen molar-refractivity contribution in [3.8, 4) is 0 Å². The third-order valence-electron chi connectivity index (χ3n) is 2.81. The fraction of sp³-hybridized carbons (Fsp3) is 0.143. The van der Waals surface area contributed by atoms with Gasteiger partial charge >= 0.3 is 0 Å². The average Bonchev–Trinajstić information content (AvgIpc) is 2.33. The summed E-state index contributed by atoms with van der Waals surface area (Å²) >= 11 is 5.89. The minimum Gasteiger partial charge on any atom is -0.0843 e. The first kappa shape index (κ1) is 11.4. The van der Waals surface area contributed by atoms with Crippen LogP contribution < -0.4 is 10.4 Å². The normalized spacial score (nSPS) is 11.1. The molecule has 0 spiro atoms. The number of rotatable bonds is 3. The minimum absolute atomic E-state index is 0.349. The van der Waals surface area contributed by atoms with E-state index in [1.54, 1.807) is 5.19 Å². The van der Waals surface area contributed by atoms with E-state index in [4.69, 9.17) is 11.6 Å². The molecule has 0 aliphatic rings. The summed E-state index contributed by atoms with van der Waals surface area (Å²) in [5, 5.41) is 3.82. The van der Waals surface area contributed by atoms with Crippen molar-refractivity contribution in [1.82, 2.24) is 0 Å². The van der Waals surface area contributed by atoms with Crippen molar-refractivity contribution in [2.45, 2.75) is 13.3 Å². The molecule has 0 fully saturated rings. The van der Waals surface area contributed by atoms with E-state index in [1.807, 2.05) is 12.1 Å². The van der Waals surface area contributed by atoms with Crippen LogP contribution in [0.5, 0.6) is 0 Å². The maximum atomic E-state index is 5.89. The van der Waals surface area contributed by atoms with Crippen LogP contribution in [0.15, 0.2) is 48.5 Å². The van der Waals surface area contributed by atoms with E-state index in [0.717, 1.165) is 11.4 Å². The highest BCUT2D eigenvalue weighted by Crippen LogP contribution is 2.03. The van der Waals surface area contributed by atoms with Gasteiger partial charge < -0.3 is 0 Å². The van der Waals surface area contributed by atoms with Gasteiger partial charge in [-0.1, -0.05) is 65.3 Å². The molecule has 0 aliphatic heterocycles. The zero-order chi connectivity index (χ0) is 11.4. The maximum absolute atomic E-state index is 5.89. The van der Waals surface area contributed by atoms with Crippen molar-refractivity contribution in [1.29, 1.82) is 0 Å². The largest absolute Gasteiger partial charge is 0.0878 e. The molecule has 0 saturated carbocycles. The summed E-state index contributed by atoms with van der Waals surface area (Å²) in [6.07, 6.45) is 1.12. The Morgan fingerprint density at radius 1 is 1.00 bits per heavy atom. The van der Waals surface area contributed by atoms with E-state index < -0.39 is 0 Å². The predicted molar refractivity (Wildman–Crippen MR) is 75.1 cm³/mol. The second-order valence-electron chi connectivity index (χ2n) is 3.93. The van der Waals surface area contributed by atoms with Gasteiger partial charge in [0.25, 0.3) is 0 Å². The zero-order valence-electron chi connectivity index (χ0n) is 9.41. The van der Waals surface area contributed by atoms with Crippen molar-refractivity contribution in [3.05, 3.63) is 59.1 Å². The second kappa shape index (κ2) is 5.33. The lowest BCUT2D eigenvalue weighted by atomic mass is 10.2. The van der Waals surface area contributed by atoms with E-state index in [2.05, 4.69) is 43.3 Å². The van der Waals surface area contributed by atoms with Crippen molar-refractivity contribution in [2.75, 3.05) is 0 Å². The molecular weight excluding hydrogens is 232 g/mol. The van der Waals surface area contributed by atoms with Crippen molar-refractivity contribution in [3.63, 3.8) is 0 Å². The van der Waals surface area contributed by atoms with Gasteiger partial charge in [-0.05, 0) is 24.1 Å². The maximum Gasteiger partial charge on any atom is 0.0878 e. The molecule has 82 valence electrons. The van der Waals surface area contributed by atoms with Gasteiger partial charge in [-0.2, -0.15) is 0 Å². The Bertz CT molecular complexity index is 462. The van der Waals surface area contributed by atoms with Crippen LogP contribution >= 0.6 is 11.6 Å². The minimum atomic E-state index is -0.349. The Labute approximate surface area is 104 Å². The first-order chi connectivity index (χ1) is 7.79. The fourth-order valence-electron chi connectivity index (χ4n) is 1.90. The first-order valence-electron chi connectivity index (χ1n) is 5.61. The summed E-state index contributed by atoms with van der Waals surface area (Å²) in [6, 6.07) is 17.0. The number of benzene rings is 2. The average molecular weight is 247 g/mol. The molecule has 0 saturated heterocycles. The molecule has 0 aromatic heterocycles. The molecule has 0 nitrogen and oxygen atoms in total. The predicted octanol–water partition coefficient (Wildman–Crippen LogP) is 2.02. The lowest BCUT2D eigenvalue weighted by Gasteiger charge is -2.07. The van der Waals surface area contributed by atoms with Gasteiger partial charge in [0.05, 0.1) is 9.52 Å². The van der Waals surface area contributed by atoms with Gasteiger partial charge in [0, 0.05) is 5.02 Å². The molecule has 0 heterocycles. The molecule has 2 rings (SSSR count). The van der Waals surface area contributed by atoms with E-state index in [9.17, 15) is 0 Å².